The fourth-order valence-corrected chi connectivity index (χ4v) is 3.10. The van der Waals surface area contributed by atoms with Gasteiger partial charge in [-0.1, -0.05) is 31.8 Å². The molecule has 1 fully saturated rings. The lowest BCUT2D eigenvalue weighted by molar-refractivity contribution is 0.308. The quantitative estimate of drug-likeness (QED) is 0.665. The molecule has 0 atom stereocenters. The first kappa shape index (κ1) is 13.1. The van der Waals surface area contributed by atoms with E-state index in [1.165, 1.54) is 38.5 Å². The summed E-state index contributed by atoms with van der Waals surface area (Å²) < 4.78 is 13.7. The van der Waals surface area contributed by atoms with Crippen LogP contribution >= 0.6 is 0 Å². The Morgan fingerprint density at radius 3 is 2.56 bits per heavy atom. The molecule has 0 heterocycles. The van der Waals surface area contributed by atoms with E-state index < -0.39 is 0 Å². The Labute approximate surface area is 110 Å². The van der Waals surface area contributed by atoms with Crippen molar-refractivity contribution in [1.82, 2.24) is 0 Å². The first-order valence-corrected chi connectivity index (χ1v) is 7.00. The molecule has 0 radical (unpaired) electrons. The lowest BCUT2D eigenvalue weighted by Gasteiger charge is -2.28. The standard InChI is InChI=1S/C17H21F/c1-3-5-13-6-8-15(9-7-13)16-11-10-14(4-2)17(18)12-16/h2,10-13,15H,3,5-9H2,1H3. The Balaban J connectivity index is 2.02. The summed E-state index contributed by atoms with van der Waals surface area (Å²) in [7, 11) is 0. The van der Waals surface area contributed by atoms with Crippen LogP contribution in [0.25, 0.3) is 0 Å². The Morgan fingerprint density at radius 2 is 2.00 bits per heavy atom. The Hall–Kier alpha value is -1.29. The van der Waals surface area contributed by atoms with Crippen LogP contribution < -0.4 is 0 Å². The van der Waals surface area contributed by atoms with Crippen LogP contribution in [0.2, 0.25) is 0 Å². The predicted molar refractivity (Wildman–Crippen MR) is 73.9 cm³/mol. The van der Waals surface area contributed by atoms with Gasteiger partial charge in [-0.05, 0) is 55.2 Å². The van der Waals surface area contributed by atoms with Gasteiger partial charge in [0, 0.05) is 0 Å². The monoisotopic (exact) mass is 244 g/mol. The first-order valence-electron chi connectivity index (χ1n) is 7.00. The van der Waals surface area contributed by atoms with Crippen LogP contribution in [-0.4, -0.2) is 0 Å². The van der Waals surface area contributed by atoms with E-state index in [0.717, 1.165) is 11.5 Å². The van der Waals surface area contributed by atoms with Gasteiger partial charge in [0.25, 0.3) is 0 Å². The van der Waals surface area contributed by atoms with Crippen LogP contribution in [0.3, 0.4) is 0 Å². The van der Waals surface area contributed by atoms with Crippen molar-refractivity contribution in [2.24, 2.45) is 5.92 Å². The fraction of sp³-hybridized carbons (Fsp3) is 0.529. The highest BCUT2D eigenvalue weighted by Crippen LogP contribution is 2.37. The Morgan fingerprint density at radius 1 is 1.28 bits per heavy atom. The van der Waals surface area contributed by atoms with Gasteiger partial charge in [-0.2, -0.15) is 0 Å². The van der Waals surface area contributed by atoms with Crippen LogP contribution in [0.1, 0.15) is 62.5 Å². The molecular formula is C17H21F. The largest absolute Gasteiger partial charge is 0.206 e. The second kappa shape index (κ2) is 6.05. The molecule has 1 aliphatic carbocycles. The second-order valence-corrected chi connectivity index (χ2v) is 5.39. The summed E-state index contributed by atoms with van der Waals surface area (Å²) >= 11 is 0. The fourth-order valence-electron chi connectivity index (χ4n) is 3.10. The van der Waals surface area contributed by atoms with E-state index in [1.807, 2.05) is 6.07 Å². The molecule has 96 valence electrons. The molecule has 0 spiro atoms. The molecule has 1 heteroatoms. The zero-order valence-corrected chi connectivity index (χ0v) is 11.1. The normalized spacial score (nSPS) is 23.6. The highest BCUT2D eigenvalue weighted by Gasteiger charge is 2.22. The van der Waals surface area contributed by atoms with Gasteiger partial charge in [0.1, 0.15) is 5.82 Å². The van der Waals surface area contributed by atoms with Gasteiger partial charge in [-0.25, -0.2) is 4.39 Å². The van der Waals surface area contributed by atoms with Crippen LogP contribution in [0.4, 0.5) is 4.39 Å². The third-order valence-corrected chi connectivity index (χ3v) is 4.16. The topological polar surface area (TPSA) is 0 Å². The average molecular weight is 244 g/mol. The molecule has 1 aromatic rings. The Kier molecular flexibility index (Phi) is 4.42. The molecule has 0 aliphatic heterocycles. The van der Waals surface area contributed by atoms with Gasteiger partial charge in [0.15, 0.2) is 0 Å². The summed E-state index contributed by atoms with van der Waals surface area (Å²) in [4.78, 5) is 0. The van der Waals surface area contributed by atoms with Crippen LogP contribution in [0.5, 0.6) is 0 Å². The summed E-state index contributed by atoms with van der Waals surface area (Å²) in [5.74, 6) is 3.55. The lowest BCUT2D eigenvalue weighted by atomic mass is 9.77. The van der Waals surface area contributed by atoms with E-state index in [2.05, 4.69) is 12.8 Å². The molecule has 0 amide bonds. The number of rotatable bonds is 3. The summed E-state index contributed by atoms with van der Waals surface area (Å²) in [5, 5.41) is 0. The number of halogens is 1. The van der Waals surface area contributed by atoms with E-state index in [4.69, 9.17) is 6.42 Å². The molecule has 1 aliphatic rings. The molecule has 1 saturated carbocycles. The summed E-state index contributed by atoms with van der Waals surface area (Å²) in [6.07, 6.45) is 12.8. The number of hydrogen-bond acceptors (Lipinski definition) is 0. The summed E-state index contributed by atoms with van der Waals surface area (Å²) in [6, 6.07) is 5.38. The zero-order chi connectivity index (χ0) is 13.0. The molecule has 2 rings (SSSR count). The smallest absolute Gasteiger partial charge is 0.139 e. The minimum Gasteiger partial charge on any atom is -0.206 e. The van der Waals surface area contributed by atoms with E-state index in [1.54, 1.807) is 12.1 Å². The first-order chi connectivity index (χ1) is 8.74. The minimum atomic E-state index is -0.245. The third-order valence-electron chi connectivity index (χ3n) is 4.16. The van der Waals surface area contributed by atoms with Gasteiger partial charge in [-0.3, -0.25) is 0 Å². The highest BCUT2D eigenvalue weighted by molar-refractivity contribution is 5.37. The van der Waals surface area contributed by atoms with Crippen molar-refractivity contribution in [3.8, 4) is 12.3 Å². The van der Waals surface area contributed by atoms with Crippen molar-refractivity contribution in [3.63, 3.8) is 0 Å². The van der Waals surface area contributed by atoms with Gasteiger partial charge in [0.05, 0.1) is 5.56 Å². The molecule has 0 saturated heterocycles. The van der Waals surface area contributed by atoms with E-state index in [0.29, 0.717) is 11.5 Å². The van der Waals surface area contributed by atoms with Gasteiger partial charge >= 0.3 is 0 Å². The van der Waals surface area contributed by atoms with Crippen molar-refractivity contribution in [3.05, 3.63) is 35.1 Å². The maximum atomic E-state index is 13.7. The van der Waals surface area contributed by atoms with Crippen molar-refractivity contribution in [2.75, 3.05) is 0 Å². The Bertz CT molecular complexity index is 433. The summed E-state index contributed by atoms with van der Waals surface area (Å²) in [6.45, 7) is 2.25. The van der Waals surface area contributed by atoms with E-state index >= 15 is 0 Å². The molecule has 0 bridgehead atoms. The maximum absolute atomic E-state index is 13.7. The lowest BCUT2D eigenvalue weighted by Crippen LogP contribution is -2.13. The van der Waals surface area contributed by atoms with E-state index in [9.17, 15) is 4.39 Å². The van der Waals surface area contributed by atoms with E-state index in [-0.39, 0.29) is 5.82 Å². The third kappa shape index (κ3) is 2.93. The van der Waals surface area contributed by atoms with Crippen LogP contribution in [0, 0.1) is 24.1 Å². The number of benzene rings is 1. The second-order valence-electron chi connectivity index (χ2n) is 5.39. The zero-order valence-electron chi connectivity index (χ0n) is 11.1. The summed E-state index contributed by atoms with van der Waals surface area (Å²) in [5.41, 5.74) is 1.50. The van der Waals surface area contributed by atoms with Crippen LogP contribution in [0.15, 0.2) is 18.2 Å². The predicted octanol–water partition coefficient (Wildman–Crippen LogP) is 4.88. The number of hydrogen-bond donors (Lipinski definition) is 0. The van der Waals surface area contributed by atoms with Crippen LogP contribution in [-0.2, 0) is 0 Å². The highest BCUT2D eigenvalue weighted by atomic mass is 19.1. The maximum Gasteiger partial charge on any atom is 0.139 e. The molecule has 0 aromatic heterocycles. The average Bonchev–Trinajstić information content (AvgIpc) is 2.40. The molecule has 0 N–H and O–H groups in total. The van der Waals surface area contributed by atoms with Gasteiger partial charge in [-0.15, -0.1) is 6.42 Å². The van der Waals surface area contributed by atoms with Crippen molar-refractivity contribution < 1.29 is 4.39 Å². The molecule has 18 heavy (non-hydrogen) atoms. The minimum absolute atomic E-state index is 0.245. The molecule has 1 aromatic carbocycles. The van der Waals surface area contributed by atoms with Crippen molar-refractivity contribution in [1.29, 1.82) is 0 Å². The van der Waals surface area contributed by atoms with Crippen molar-refractivity contribution in [2.45, 2.75) is 51.4 Å². The molecular weight excluding hydrogens is 223 g/mol. The van der Waals surface area contributed by atoms with Gasteiger partial charge in [0.2, 0.25) is 0 Å². The van der Waals surface area contributed by atoms with Gasteiger partial charge < -0.3 is 0 Å². The molecule has 0 nitrogen and oxygen atoms in total. The SMILES string of the molecule is C#Cc1ccc(C2CCC(CCC)CC2)cc1F. The number of terminal acetylenes is 1. The van der Waals surface area contributed by atoms with Crippen molar-refractivity contribution >= 4 is 0 Å². The molecule has 0 unspecified atom stereocenters.